The monoisotopic (exact) mass is 271 g/mol. The lowest BCUT2D eigenvalue weighted by Gasteiger charge is -2.15. The molecular weight excluding hydrogens is 258 g/mol. The van der Waals surface area contributed by atoms with Crippen molar-refractivity contribution in [2.45, 2.75) is 6.92 Å². The van der Waals surface area contributed by atoms with Gasteiger partial charge < -0.3 is 10.1 Å². The summed E-state index contributed by atoms with van der Waals surface area (Å²) in [5.41, 5.74) is 0.572. The number of anilines is 1. The smallest absolute Gasteiger partial charge is 0.407 e. The molecule has 0 spiro atoms. The zero-order chi connectivity index (χ0) is 13.4. The van der Waals surface area contributed by atoms with Gasteiger partial charge in [0, 0.05) is 11.6 Å². The molecule has 1 aromatic carbocycles. The Balaban J connectivity index is 2.48. The molecular formula is C11H14ClN3O3. The molecule has 0 aliphatic rings. The normalized spacial score (nSPS) is 9.67. The van der Waals surface area contributed by atoms with Crippen LogP contribution in [-0.2, 0) is 4.74 Å². The highest BCUT2D eigenvalue weighted by Gasteiger charge is 2.08. The van der Waals surface area contributed by atoms with E-state index in [0.29, 0.717) is 17.3 Å². The van der Waals surface area contributed by atoms with Crippen molar-refractivity contribution in [2.24, 2.45) is 5.29 Å². The van der Waals surface area contributed by atoms with E-state index >= 15 is 0 Å². The number of carbonyl (C=O) groups is 1. The highest BCUT2D eigenvalue weighted by Crippen LogP contribution is 2.19. The number of benzene rings is 1. The van der Waals surface area contributed by atoms with Gasteiger partial charge in [0.05, 0.1) is 24.1 Å². The van der Waals surface area contributed by atoms with E-state index in [2.05, 4.69) is 15.3 Å². The maximum Gasteiger partial charge on any atom is 0.407 e. The molecule has 6 nitrogen and oxygen atoms in total. The van der Waals surface area contributed by atoms with Crippen molar-refractivity contribution in [3.8, 4) is 0 Å². The summed E-state index contributed by atoms with van der Waals surface area (Å²) in [6.45, 7) is 2.50. The number of alkyl carbamates (subject to hydrolysis) is 1. The maximum atomic E-state index is 11.0. The minimum Gasteiger partial charge on any atom is -0.450 e. The number of hydrogen-bond donors (Lipinski definition) is 1. The summed E-state index contributed by atoms with van der Waals surface area (Å²) in [5, 5.41) is 7.09. The second-order valence-electron chi connectivity index (χ2n) is 3.33. The van der Waals surface area contributed by atoms with Gasteiger partial charge in [-0.05, 0) is 25.1 Å². The molecule has 0 heterocycles. The van der Waals surface area contributed by atoms with Crippen molar-refractivity contribution < 1.29 is 9.53 Å². The Labute approximate surface area is 110 Å². The fraction of sp³-hybridized carbons (Fsp3) is 0.364. The van der Waals surface area contributed by atoms with Crippen LogP contribution < -0.4 is 10.3 Å². The summed E-state index contributed by atoms with van der Waals surface area (Å²) in [6, 6.07) is 6.74. The summed E-state index contributed by atoms with van der Waals surface area (Å²) in [7, 11) is 0. The topological polar surface area (TPSA) is 71.0 Å². The Morgan fingerprint density at radius 2 is 2.33 bits per heavy atom. The van der Waals surface area contributed by atoms with E-state index in [0.717, 1.165) is 0 Å². The Hall–Kier alpha value is -1.82. The molecule has 1 aromatic rings. The Morgan fingerprint density at radius 3 is 2.94 bits per heavy atom. The number of ether oxygens (including phenoxy) is 1. The molecule has 0 atom stereocenters. The van der Waals surface area contributed by atoms with Gasteiger partial charge in [0.2, 0.25) is 0 Å². The zero-order valence-corrected chi connectivity index (χ0v) is 10.7. The fourth-order valence-corrected chi connectivity index (χ4v) is 1.48. The van der Waals surface area contributed by atoms with E-state index in [-0.39, 0.29) is 13.1 Å². The molecule has 7 heteroatoms. The quantitative estimate of drug-likeness (QED) is 0.638. The summed E-state index contributed by atoms with van der Waals surface area (Å²) in [5.74, 6) is 0. The molecule has 18 heavy (non-hydrogen) atoms. The molecule has 0 aliphatic carbocycles. The van der Waals surface area contributed by atoms with Crippen LogP contribution in [0.25, 0.3) is 0 Å². The van der Waals surface area contributed by atoms with Gasteiger partial charge in [-0.25, -0.2) is 9.80 Å². The van der Waals surface area contributed by atoms with Crippen LogP contribution in [0.2, 0.25) is 5.02 Å². The molecule has 0 bridgehead atoms. The minimum absolute atomic E-state index is 0.239. The van der Waals surface area contributed by atoms with Gasteiger partial charge in [-0.3, -0.25) is 0 Å². The van der Waals surface area contributed by atoms with Crippen molar-refractivity contribution in [1.82, 2.24) is 5.32 Å². The molecule has 98 valence electrons. The van der Waals surface area contributed by atoms with Gasteiger partial charge >= 0.3 is 6.09 Å². The van der Waals surface area contributed by atoms with Crippen LogP contribution in [0.1, 0.15) is 6.92 Å². The molecule has 0 aromatic heterocycles. The first-order valence-electron chi connectivity index (χ1n) is 5.44. The third-order valence-electron chi connectivity index (χ3n) is 2.07. The number of hydrogen-bond acceptors (Lipinski definition) is 4. The summed E-state index contributed by atoms with van der Waals surface area (Å²) in [4.78, 5) is 21.7. The van der Waals surface area contributed by atoms with E-state index in [1.54, 1.807) is 31.2 Å². The fourth-order valence-electron chi connectivity index (χ4n) is 1.30. The SMILES string of the molecule is CCOC(=O)NCCN(N=O)c1cccc(Cl)c1. The van der Waals surface area contributed by atoms with Crippen molar-refractivity contribution in [1.29, 1.82) is 0 Å². The van der Waals surface area contributed by atoms with Crippen molar-refractivity contribution in [3.05, 3.63) is 34.2 Å². The Morgan fingerprint density at radius 1 is 1.56 bits per heavy atom. The number of carbonyl (C=O) groups excluding carboxylic acids is 1. The number of nitrogens with one attached hydrogen (secondary N) is 1. The third-order valence-corrected chi connectivity index (χ3v) is 2.31. The lowest BCUT2D eigenvalue weighted by Crippen LogP contribution is -2.32. The predicted octanol–water partition coefficient (Wildman–Crippen LogP) is 2.57. The largest absolute Gasteiger partial charge is 0.450 e. The average molecular weight is 272 g/mol. The van der Waals surface area contributed by atoms with Gasteiger partial charge in [0.15, 0.2) is 0 Å². The second-order valence-corrected chi connectivity index (χ2v) is 3.77. The molecule has 0 radical (unpaired) electrons. The molecule has 1 amide bonds. The van der Waals surface area contributed by atoms with Crippen LogP contribution in [0.3, 0.4) is 0 Å². The second kappa shape index (κ2) is 7.50. The molecule has 0 fully saturated rings. The highest BCUT2D eigenvalue weighted by atomic mass is 35.5. The maximum absolute atomic E-state index is 11.0. The lowest BCUT2D eigenvalue weighted by atomic mass is 10.3. The zero-order valence-electron chi connectivity index (χ0n) is 9.93. The van der Waals surface area contributed by atoms with Gasteiger partial charge in [-0.1, -0.05) is 17.7 Å². The third kappa shape index (κ3) is 4.58. The van der Waals surface area contributed by atoms with E-state index < -0.39 is 6.09 Å². The minimum atomic E-state index is -0.519. The number of amides is 1. The van der Waals surface area contributed by atoms with E-state index in [9.17, 15) is 9.70 Å². The number of nitroso groups, excluding NO2 is 1. The predicted molar refractivity (Wildman–Crippen MR) is 69.6 cm³/mol. The van der Waals surface area contributed by atoms with Crippen LogP contribution in [0.5, 0.6) is 0 Å². The standard InChI is InChI=1S/C11H14ClN3O3/c1-2-18-11(16)13-6-7-15(14-17)10-5-3-4-9(12)8-10/h3-5,8H,2,6-7H2,1H3,(H,13,16). The van der Waals surface area contributed by atoms with Gasteiger partial charge in [0.1, 0.15) is 0 Å². The molecule has 1 rings (SSSR count). The number of rotatable bonds is 6. The van der Waals surface area contributed by atoms with Crippen molar-refractivity contribution in [3.63, 3.8) is 0 Å². The van der Waals surface area contributed by atoms with Gasteiger partial charge in [-0.2, -0.15) is 0 Å². The van der Waals surface area contributed by atoms with Crippen molar-refractivity contribution in [2.75, 3.05) is 24.7 Å². The summed E-state index contributed by atoms with van der Waals surface area (Å²) in [6.07, 6.45) is -0.519. The summed E-state index contributed by atoms with van der Waals surface area (Å²) < 4.78 is 4.68. The average Bonchev–Trinajstić information content (AvgIpc) is 2.35. The highest BCUT2D eigenvalue weighted by molar-refractivity contribution is 6.30. The molecule has 0 unspecified atom stereocenters. The molecule has 0 saturated carbocycles. The van der Waals surface area contributed by atoms with Gasteiger partial charge in [-0.15, -0.1) is 4.91 Å². The first-order chi connectivity index (χ1) is 8.67. The van der Waals surface area contributed by atoms with Crippen LogP contribution in [-0.4, -0.2) is 25.8 Å². The Kier molecular flexibility index (Phi) is 5.93. The number of nitrogens with zero attached hydrogens (tertiary/aromatic N) is 2. The van der Waals surface area contributed by atoms with Crippen LogP contribution in [0, 0.1) is 4.91 Å². The first-order valence-corrected chi connectivity index (χ1v) is 5.82. The number of halogens is 1. The van der Waals surface area contributed by atoms with Crippen LogP contribution in [0.4, 0.5) is 10.5 Å². The van der Waals surface area contributed by atoms with Crippen LogP contribution in [0.15, 0.2) is 29.6 Å². The molecule has 0 aliphatic heterocycles. The molecule has 1 N–H and O–H groups in total. The lowest BCUT2D eigenvalue weighted by molar-refractivity contribution is 0.152. The summed E-state index contributed by atoms with van der Waals surface area (Å²) >= 11 is 5.81. The van der Waals surface area contributed by atoms with Gasteiger partial charge in [0.25, 0.3) is 0 Å². The van der Waals surface area contributed by atoms with E-state index in [1.165, 1.54) is 5.01 Å². The van der Waals surface area contributed by atoms with E-state index in [4.69, 9.17) is 11.6 Å². The van der Waals surface area contributed by atoms with Crippen molar-refractivity contribution >= 4 is 23.4 Å². The first kappa shape index (κ1) is 14.2. The van der Waals surface area contributed by atoms with E-state index in [1.807, 2.05) is 0 Å². The Bertz CT molecular complexity index is 414. The van der Waals surface area contributed by atoms with Crippen LogP contribution >= 0.6 is 11.6 Å². The molecule has 0 saturated heterocycles.